The van der Waals surface area contributed by atoms with Crippen molar-refractivity contribution in [1.29, 1.82) is 0 Å². The number of methoxy groups -OCH3 is 1. The average molecular weight is 401 g/mol. The smallest absolute Gasteiger partial charge is 0.254 e. The van der Waals surface area contributed by atoms with Crippen LogP contribution in [0, 0.1) is 0 Å². The number of carbonyl (C=O) groups excluding carboxylic acids is 2. The number of carbonyl (C=O) groups is 2. The highest BCUT2D eigenvalue weighted by atomic mass is 16.5. The predicted molar refractivity (Wildman–Crippen MR) is 113 cm³/mol. The van der Waals surface area contributed by atoms with Gasteiger partial charge in [-0.15, -0.1) is 0 Å². The number of rotatable bonds is 5. The summed E-state index contributed by atoms with van der Waals surface area (Å²) in [6, 6.07) is 18.2. The van der Waals surface area contributed by atoms with E-state index in [4.69, 9.17) is 4.74 Å². The first-order valence-corrected chi connectivity index (χ1v) is 9.77. The Hall–Kier alpha value is -3.67. The first-order chi connectivity index (χ1) is 14.6. The summed E-state index contributed by atoms with van der Waals surface area (Å²) in [6.45, 7) is 0.373. The third kappa shape index (κ3) is 3.64. The van der Waals surface area contributed by atoms with Crippen molar-refractivity contribution in [3.8, 4) is 5.75 Å². The van der Waals surface area contributed by atoms with Crippen molar-refractivity contribution in [2.24, 2.45) is 0 Å². The number of nitrogens with zero attached hydrogens (tertiary/aromatic N) is 2. The molecule has 0 saturated carbocycles. The number of amides is 2. The molecule has 2 atom stereocenters. The summed E-state index contributed by atoms with van der Waals surface area (Å²) in [7, 11) is 3.35. The zero-order chi connectivity index (χ0) is 21.1. The van der Waals surface area contributed by atoms with Crippen molar-refractivity contribution in [2.45, 2.75) is 18.5 Å². The summed E-state index contributed by atoms with van der Waals surface area (Å²) < 4.78 is 5.26. The van der Waals surface area contributed by atoms with Gasteiger partial charge in [0.05, 0.1) is 19.1 Å². The lowest BCUT2D eigenvalue weighted by Gasteiger charge is -2.39. The van der Waals surface area contributed by atoms with Crippen molar-refractivity contribution >= 4 is 11.8 Å². The molecule has 0 radical (unpaired) electrons. The van der Waals surface area contributed by atoms with Gasteiger partial charge in [0, 0.05) is 31.5 Å². The third-order valence-corrected chi connectivity index (χ3v) is 5.51. The molecule has 0 aliphatic carbocycles. The van der Waals surface area contributed by atoms with E-state index in [1.807, 2.05) is 54.6 Å². The highest BCUT2D eigenvalue weighted by Gasteiger charge is 2.42. The molecule has 3 aromatic rings. The number of fused-ring (bicyclic) bond motifs is 1. The largest absolute Gasteiger partial charge is 0.497 e. The van der Waals surface area contributed by atoms with Crippen molar-refractivity contribution in [3.63, 3.8) is 0 Å². The van der Waals surface area contributed by atoms with E-state index in [2.05, 4.69) is 10.3 Å². The lowest BCUT2D eigenvalue weighted by atomic mass is 9.79. The van der Waals surface area contributed by atoms with Crippen LogP contribution in [0.1, 0.15) is 39.0 Å². The summed E-state index contributed by atoms with van der Waals surface area (Å²) in [5, 5.41) is 3.03. The molecule has 30 heavy (non-hydrogen) atoms. The summed E-state index contributed by atoms with van der Waals surface area (Å²) in [4.78, 5) is 32.2. The average Bonchev–Trinajstić information content (AvgIpc) is 2.80. The van der Waals surface area contributed by atoms with E-state index >= 15 is 0 Å². The van der Waals surface area contributed by atoms with Gasteiger partial charge in [0.15, 0.2) is 0 Å². The number of ether oxygens (including phenoxy) is 1. The molecule has 2 amide bonds. The Labute approximate surface area is 175 Å². The fraction of sp³-hybridized carbons (Fsp3) is 0.208. The molecule has 6 nitrogen and oxygen atoms in total. The van der Waals surface area contributed by atoms with Crippen LogP contribution in [0.3, 0.4) is 0 Å². The minimum Gasteiger partial charge on any atom is -0.497 e. The topological polar surface area (TPSA) is 71.5 Å². The Kier molecular flexibility index (Phi) is 5.48. The molecule has 2 aromatic carbocycles. The molecule has 1 aliphatic heterocycles. The standard InChI is InChI=1S/C24H23N3O3/c1-27-22(17-9-11-18(30-2)12-10-17)21(19-7-3-4-8-20(19)24(27)29)23(28)26-15-16-6-5-13-25-14-16/h3-14,21-22H,15H2,1-2H3,(H,26,28). The molecule has 2 heterocycles. The molecule has 0 bridgehead atoms. The van der Waals surface area contributed by atoms with Crippen LogP contribution in [-0.4, -0.2) is 35.9 Å². The maximum absolute atomic E-state index is 13.4. The van der Waals surface area contributed by atoms with Gasteiger partial charge in [-0.3, -0.25) is 14.6 Å². The van der Waals surface area contributed by atoms with Crippen molar-refractivity contribution in [2.75, 3.05) is 14.2 Å². The van der Waals surface area contributed by atoms with Crippen LogP contribution in [0.4, 0.5) is 0 Å². The monoisotopic (exact) mass is 401 g/mol. The van der Waals surface area contributed by atoms with Crippen LogP contribution in [0.25, 0.3) is 0 Å². The second-order valence-corrected chi connectivity index (χ2v) is 7.28. The summed E-state index contributed by atoms with van der Waals surface area (Å²) >= 11 is 0. The molecule has 0 spiro atoms. The first kappa shape index (κ1) is 19.6. The van der Waals surface area contributed by atoms with Crippen LogP contribution >= 0.6 is 0 Å². The van der Waals surface area contributed by atoms with Crippen molar-refractivity contribution in [3.05, 3.63) is 95.3 Å². The van der Waals surface area contributed by atoms with Gasteiger partial charge in [0.1, 0.15) is 5.75 Å². The summed E-state index contributed by atoms with van der Waals surface area (Å²) in [6.07, 6.45) is 3.43. The van der Waals surface area contributed by atoms with Crippen LogP contribution in [0.2, 0.25) is 0 Å². The number of likely N-dealkylation sites (N-methyl/N-ethyl adjacent to an activating group) is 1. The normalized spacial score (nSPS) is 17.9. The Morgan fingerprint density at radius 3 is 2.57 bits per heavy atom. The van der Waals surface area contributed by atoms with Gasteiger partial charge in [0.25, 0.3) is 5.91 Å². The Morgan fingerprint density at radius 1 is 1.10 bits per heavy atom. The highest BCUT2D eigenvalue weighted by Crippen LogP contribution is 2.42. The predicted octanol–water partition coefficient (Wildman–Crippen LogP) is 3.32. The Morgan fingerprint density at radius 2 is 1.87 bits per heavy atom. The van der Waals surface area contributed by atoms with Crippen LogP contribution in [0.5, 0.6) is 5.75 Å². The van der Waals surface area contributed by atoms with E-state index in [0.29, 0.717) is 12.1 Å². The number of pyridine rings is 1. The number of benzene rings is 2. The number of hydrogen-bond donors (Lipinski definition) is 1. The van der Waals surface area contributed by atoms with E-state index in [1.165, 1.54) is 0 Å². The van der Waals surface area contributed by atoms with E-state index in [0.717, 1.165) is 22.4 Å². The SMILES string of the molecule is COc1ccc(C2C(C(=O)NCc3cccnc3)c3ccccc3C(=O)N2C)cc1. The maximum Gasteiger partial charge on any atom is 0.254 e. The maximum atomic E-state index is 13.4. The molecule has 2 unspecified atom stereocenters. The van der Waals surface area contributed by atoms with E-state index in [9.17, 15) is 9.59 Å². The first-order valence-electron chi connectivity index (χ1n) is 9.77. The molecule has 0 fully saturated rings. The number of aromatic nitrogens is 1. The minimum atomic E-state index is -0.533. The minimum absolute atomic E-state index is 0.0947. The van der Waals surface area contributed by atoms with Crippen LogP contribution in [-0.2, 0) is 11.3 Å². The van der Waals surface area contributed by atoms with Crippen molar-refractivity contribution in [1.82, 2.24) is 15.2 Å². The molecule has 1 N–H and O–H groups in total. The lowest BCUT2D eigenvalue weighted by molar-refractivity contribution is -0.124. The van der Waals surface area contributed by atoms with E-state index in [1.54, 1.807) is 37.5 Å². The fourth-order valence-corrected chi connectivity index (χ4v) is 3.98. The van der Waals surface area contributed by atoms with E-state index in [-0.39, 0.29) is 11.8 Å². The van der Waals surface area contributed by atoms with Crippen LogP contribution in [0.15, 0.2) is 73.1 Å². The fourth-order valence-electron chi connectivity index (χ4n) is 3.98. The Balaban J connectivity index is 1.72. The van der Waals surface area contributed by atoms with Crippen LogP contribution < -0.4 is 10.1 Å². The van der Waals surface area contributed by atoms with Gasteiger partial charge in [-0.25, -0.2) is 0 Å². The number of hydrogen-bond acceptors (Lipinski definition) is 4. The second kappa shape index (κ2) is 8.37. The van der Waals surface area contributed by atoms with E-state index < -0.39 is 12.0 Å². The van der Waals surface area contributed by atoms with Gasteiger partial charge in [-0.2, -0.15) is 0 Å². The summed E-state index contributed by atoms with van der Waals surface area (Å²) in [5.41, 5.74) is 3.10. The highest BCUT2D eigenvalue weighted by molar-refractivity contribution is 6.01. The molecular formula is C24H23N3O3. The molecule has 0 saturated heterocycles. The molecule has 1 aliphatic rings. The van der Waals surface area contributed by atoms with Gasteiger partial charge in [0.2, 0.25) is 5.91 Å². The molecular weight excluding hydrogens is 378 g/mol. The van der Waals surface area contributed by atoms with Gasteiger partial charge < -0.3 is 15.0 Å². The molecule has 6 heteroatoms. The zero-order valence-corrected chi connectivity index (χ0v) is 16.9. The number of nitrogens with one attached hydrogen (secondary N) is 1. The molecule has 4 rings (SSSR count). The lowest BCUT2D eigenvalue weighted by Crippen LogP contribution is -2.45. The third-order valence-electron chi connectivity index (χ3n) is 5.51. The van der Waals surface area contributed by atoms with Crippen molar-refractivity contribution < 1.29 is 14.3 Å². The molecule has 152 valence electrons. The van der Waals surface area contributed by atoms with Gasteiger partial charge in [-0.05, 0) is 41.0 Å². The van der Waals surface area contributed by atoms with Gasteiger partial charge in [-0.1, -0.05) is 36.4 Å². The van der Waals surface area contributed by atoms with Gasteiger partial charge >= 0.3 is 0 Å². The Bertz CT molecular complexity index is 1050. The summed E-state index contributed by atoms with van der Waals surface area (Å²) in [5.74, 6) is -0.0373. The quantitative estimate of drug-likeness (QED) is 0.712. The molecule has 1 aromatic heterocycles. The zero-order valence-electron chi connectivity index (χ0n) is 16.9. The second-order valence-electron chi connectivity index (χ2n) is 7.28.